The minimum atomic E-state index is -0.674. The molecule has 4 N–H and O–H groups in total. The number of benzene rings is 2. The average molecular weight is 296 g/mol. The molecule has 22 heavy (non-hydrogen) atoms. The summed E-state index contributed by atoms with van der Waals surface area (Å²) in [6.07, 6.45) is 5.08. The molecule has 0 spiro atoms. The van der Waals surface area contributed by atoms with Crippen LogP contribution in [0.3, 0.4) is 0 Å². The smallest absolute Gasteiger partial charge is 0.0710 e. The third kappa shape index (κ3) is 4.97. The minimum absolute atomic E-state index is 0.287. The third-order valence-electron chi connectivity index (χ3n) is 4.34. The molecule has 0 aromatic heterocycles. The highest BCUT2D eigenvalue weighted by atomic mass is 15.0. The van der Waals surface area contributed by atoms with Crippen molar-refractivity contribution >= 4 is 0 Å². The number of nitrogens with two attached hydrogens (primary N) is 2. The van der Waals surface area contributed by atoms with E-state index in [-0.39, 0.29) is 5.92 Å². The molecule has 118 valence electrons. The lowest BCUT2D eigenvalue weighted by Crippen LogP contribution is -2.58. The maximum Gasteiger partial charge on any atom is 0.0710 e. The Morgan fingerprint density at radius 3 is 1.95 bits per heavy atom. The summed E-state index contributed by atoms with van der Waals surface area (Å²) in [6, 6.07) is 20.9. The van der Waals surface area contributed by atoms with Crippen LogP contribution < -0.4 is 11.5 Å². The molecule has 0 heterocycles. The van der Waals surface area contributed by atoms with Gasteiger partial charge in [0.25, 0.3) is 0 Å². The second-order valence-electron chi connectivity index (χ2n) is 6.30. The Labute approximate surface area is 134 Å². The maximum absolute atomic E-state index is 6.56. The molecule has 0 bridgehead atoms. The first-order valence-electron chi connectivity index (χ1n) is 8.27. The van der Waals surface area contributed by atoms with Gasteiger partial charge in [0.15, 0.2) is 0 Å². The molecular formula is C20H28N2. The van der Waals surface area contributed by atoms with Crippen molar-refractivity contribution in [3.05, 3.63) is 71.8 Å². The van der Waals surface area contributed by atoms with Gasteiger partial charge in [-0.3, -0.25) is 0 Å². The van der Waals surface area contributed by atoms with E-state index in [0.717, 1.165) is 19.3 Å². The predicted octanol–water partition coefficient (Wildman–Crippen LogP) is 3.89. The normalized spacial score (nSPS) is 13.0. The molecule has 1 atom stereocenters. The van der Waals surface area contributed by atoms with Crippen LogP contribution >= 0.6 is 0 Å². The van der Waals surface area contributed by atoms with Gasteiger partial charge in [-0.25, -0.2) is 0 Å². The monoisotopic (exact) mass is 296 g/mol. The second kappa shape index (κ2) is 8.11. The Morgan fingerprint density at radius 2 is 1.41 bits per heavy atom. The molecule has 0 aliphatic carbocycles. The molecule has 0 aliphatic rings. The molecule has 2 aromatic rings. The SMILES string of the molecule is CCCCC(Cc1ccccc1)C(N)(N)Cc1ccccc1. The lowest BCUT2D eigenvalue weighted by molar-refractivity contribution is 0.252. The molecule has 2 heteroatoms. The lowest BCUT2D eigenvalue weighted by Gasteiger charge is -2.34. The zero-order valence-electron chi connectivity index (χ0n) is 13.5. The Balaban J connectivity index is 2.12. The van der Waals surface area contributed by atoms with Crippen LogP contribution in [0.15, 0.2) is 60.7 Å². The molecule has 0 radical (unpaired) electrons. The Morgan fingerprint density at radius 1 is 0.864 bits per heavy atom. The molecule has 2 aromatic carbocycles. The van der Waals surface area contributed by atoms with Crippen LogP contribution in [-0.2, 0) is 12.8 Å². The van der Waals surface area contributed by atoms with Gasteiger partial charge in [-0.05, 0) is 29.9 Å². The van der Waals surface area contributed by atoms with Crippen molar-refractivity contribution in [2.45, 2.75) is 44.7 Å². The second-order valence-corrected chi connectivity index (χ2v) is 6.30. The van der Waals surface area contributed by atoms with Gasteiger partial charge < -0.3 is 11.5 Å². The number of rotatable bonds is 8. The van der Waals surface area contributed by atoms with Crippen molar-refractivity contribution in [2.24, 2.45) is 17.4 Å². The molecular weight excluding hydrogens is 268 g/mol. The highest BCUT2D eigenvalue weighted by molar-refractivity contribution is 5.20. The van der Waals surface area contributed by atoms with Gasteiger partial charge in [-0.15, -0.1) is 0 Å². The first-order valence-corrected chi connectivity index (χ1v) is 8.27. The topological polar surface area (TPSA) is 52.0 Å². The fourth-order valence-corrected chi connectivity index (χ4v) is 3.00. The molecule has 0 saturated heterocycles. The standard InChI is InChI=1S/C20H28N2/c1-2-3-14-19(15-17-10-6-4-7-11-17)20(21,22)16-18-12-8-5-9-13-18/h4-13,19H,2-3,14-16,21-22H2,1H3. The average Bonchev–Trinajstić information content (AvgIpc) is 2.53. The van der Waals surface area contributed by atoms with Crippen molar-refractivity contribution in [3.63, 3.8) is 0 Å². The zero-order valence-corrected chi connectivity index (χ0v) is 13.5. The summed E-state index contributed by atoms with van der Waals surface area (Å²) in [5.41, 5.74) is 15.0. The molecule has 2 rings (SSSR count). The van der Waals surface area contributed by atoms with Crippen LogP contribution in [0.5, 0.6) is 0 Å². The molecule has 0 fully saturated rings. The largest absolute Gasteiger partial charge is 0.313 e. The van der Waals surface area contributed by atoms with Crippen LogP contribution in [0.2, 0.25) is 0 Å². The van der Waals surface area contributed by atoms with Gasteiger partial charge in [-0.2, -0.15) is 0 Å². The summed E-state index contributed by atoms with van der Waals surface area (Å²) >= 11 is 0. The summed E-state index contributed by atoms with van der Waals surface area (Å²) in [7, 11) is 0. The molecule has 0 aliphatic heterocycles. The summed E-state index contributed by atoms with van der Waals surface area (Å²) in [5, 5.41) is 0. The van der Waals surface area contributed by atoms with Gasteiger partial charge in [0, 0.05) is 6.42 Å². The van der Waals surface area contributed by atoms with Crippen molar-refractivity contribution in [1.29, 1.82) is 0 Å². The van der Waals surface area contributed by atoms with E-state index in [0.29, 0.717) is 0 Å². The van der Waals surface area contributed by atoms with Gasteiger partial charge in [0.2, 0.25) is 0 Å². The van der Waals surface area contributed by atoms with Gasteiger partial charge >= 0.3 is 0 Å². The van der Waals surface area contributed by atoms with E-state index in [4.69, 9.17) is 11.5 Å². The van der Waals surface area contributed by atoms with E-state index < -0.39 is 5.66 Å². The molecule has 0 amide bonds. The number of hydrogen-bond acceptors (Lipinski definition) is 2. The summed E-state index contributed by atoms with van der Waals surface area (Å²) in [5.74, 6) is 0.287. The van der Waals surface area contributed by atoms with E-state index in [9.17, 15) is 0 Å². The van der Waals surface area contributed by atoms with Crippen LogP contribution in [0, 0.1) is 5.92 Å². The Bertz CT molecular complexity index is 534. The Kier molecular flexibility index (Phi) is 6.17. The van der Waals surface area contributed by atoms with Crippen LogP contribution in [0.25, 0.3) is 0 Å². The number of unbranched alkanes of at least 4 members (excludes halogenated alkanes) is 1. The van der Waals surface area contributed by atoms with Gasteiger partial charge in [0.1, 0.15) is 0 Å². The zero-order chi connectivity index (χ0) is 15.8. The van der Waals surface area contributed by atoms with Crippen LogP contribution in [0.4, 0.5) is 0 Å². The fraction of sp³-hybridized carbons (Fsp3) is 0.400. The van der Waals surface area contributed by atoms with E-state index in [1.54, 1.807) is 0 Å². The highest BCUT2D eigenvalue weighted by Gasteiger charge is 2.30. The van der Waals surface area contributed by atoms with E-state index in [1.807, 2.05) is 24.3 Å². The first-order chi connectivity index (χ1) is 10.6. The summed E-state index contributed by atoms with van der Waals surface area (Å²) < 4.78 is 0. The van der Waals surface area contributed by atoms with Crippen LogP contribution in [-0.4, -0.2) is 5.66 Å². The van der Waals surface area contributed by atoms with Crippen molar-refractivity contribution in [1.82, 2.24) is 0 Å². The predicted molar refractivity (Wildman–Crippen MR) is 94.4 cm³/mol. The number of hydrogen-bond donors (Lipinski definition) is 2. The van der Waals surface area contributed by atoms with Gasteiger partial charge in [-0.1, -0.05) is 80.4 Å². The van der Waals surface area contributed by atoms with Crippen molar-refractivity contribution in [3.8, 4) is 0 Å². The highest BCUT2D eigenvalue weighted by Crippen LogP contribution is 2.25. The van der Waals surface area contributed by atoms with Gasteiger partial charge in [0.05, 0.1) is 5.66 Å². The quantitative estimate of drug-likeness (QED) is 0.726. The third-order valence-corrected chi connectivity index (χ3v) is 4.34. The molecule has 2 nitrogen and oxygen atoms in total. The summed E-state index contributed by atoms with van der Waals surface area (Å²) in [4.78, 5) is 0. The molecule has 1 unspecified atom stereocenters. The van der Waals surface area contributed by atoms with E-state index in [2.05, 4.69) is 43.3 Å². The Hall–Kier alpha value is -1.64. The maximum atomic E-state index is 6.56. The van der Waals surface area contributed by atoms with E-state index >= 15 is 0 Å². The fourth-order valence-electron chi connectivity index (χ4n) is 3.00. The van der Waals surface area contributed by atoms with E-state index in [1.165, 1.54) is 24.0 Å². The minimum Gasteiger partial charge on any atom is -0.313 e. The van der Waals surface area contributed by atoms with Crippen molar-refractivity contribution < 1.29 is 0 Å². The van der Waals surface area contributed by atoms with Crippen molar-refractivity contribution in [2.75, 3.05) is 0 Å². The lowest BCUT2D eigenvalue weighted by atomic mass is 9.80. The summed E-state index contributed by atoms with van der Waals surface area (Å²) in [6.45, 7) is 2.21. The first kappa shape index (κ1) is 16.7. The van der Waals surface area contributed by atoms with Crippen LogP contribution in [0.1, 0.15) is 37.3 Å². The molecule has 0 saturated carbocycles.